The molecule has 4 nitrogen and oxygen atoms in total. The Morgan fingerprint density at radius 2 is 1.95 bits per heavy atom. The summed E-state index contributed by atoms with van der Waals surface area (Å²) in [4.78, 5) is 12.2. The molecular formula is C14H8BrF2N3O. The molecule has 1 N–H and O–H groups in total. The highest BCUT2D eigenvalue weighted by molar-refractivity contribution is 9.10. The first-order valence-electron chi connectivity index (χ1n) is 5.94. The number of amides is 1. The van der Waals surface area contributed by atoms with E-state index < -0.39 is 23.2 Å². The summed E-state index contributed by atoms with van der Waals surface area (Å²) in [6.45, 7) is 0. The highest BCUT2D eigenvalue weighted by atomic mass is 79.9. The number of hydrogen-bond donors (Lipinski definition) is 1. The maximum atomic E-state index is 13.7. The maximum Gasteiger partial charge on any atom is 0.259 e. The molecule has 2 heterocycles. The van der Waals surface area contributed by atoms with Gasteiger partial charge in [0, 0.05) is 10.7 Å². The summed E-state index contributed by atoms with van der Waals surface area (Å²) in [5.74, 6) is -2.34. The first-order valence-corrected chi connectivity index (χ1v) is 6.74. The van der Waals surface area contributed by atoms with E-state index in [9.17, 15) is 13.6 Å². The molecule has 0 spiro atoms. The van der Waals surface area contributed by atoms with Crippen LogP contribution in [0.15, 0.2) is 47.2 Å². The zero-order chi connectivity index (χ0) is 15.0. The Morgan fingerprint density at radius 3 is 2.67 bits per heavy atom. The molecule has 0 radical (unpaired) electrons. The zero-order valence-corrected chi connectivity index (χ0v) is 12.1. The molecule has 0 unspecified atom stereocenters. The molecule has 0 aliphatic carbocycles. The minimum atomic E-state index is -0.855. The van der Waals surface area contributed by atoms with Crippen LogP contribution in [0.3, 0.4) is 0 Å². The molecule has 0 atom stereocenters. The Hall–Kier alpha value is -2.28. The molecule has 0 bridgehead atoms. The van der Waals surface area contributed by atoms with Crippen LogP contribution in [0.4, 0.5) is 14.5 Å². The average molecular weight is 352 g/mol. The Balaban J connectivity index is 1.97. The van der Waals surface area contributed by atoms with Gasteiger partial charge in [0.15, 0.2) is 11.6 Å². The largest absolute Gasteiger partial charge is 0.317 e. The van der Waals surface area contributed by atoms with Crippen LogP contribution in [0, 0.1) is 11.6 Å². The Bertz CT molecular complexity index is 824. The quantitative estimate of drug-likeness (QED) is 0.766. The lowest BCUT2D eigenvalue weighted by atomic mass is 10.2. The van der Waals surface area contributed by atoms with Crippen LogP contribution in [0.1, 0.15) is 10.4 Å². The number of halogens is 3. The standard InChI is InChI=1S/C14H8BrF2N3O/c15-8-5-10(16)13(11(17)6-8)19-14(21)9-7-18-20-4-2-1-3-12(9)20/h1-7H,(H,19,21). The number of anilines is 1. The summed E-state index contributed by atoms with van der Waals surface area (Å²) in [7, 11) is 0. The number of carbonyl (C=O) groups excluding carboxylic acids is 1. The highest BCUT2D eigenvalue weighted by Gasteiger charge is 2.17. The second kappa shape index (κ2) is 5.25. The normalized spacial score (nSPS) is 10.8. The zero-order valence-electron chi connectivity index (χ0n) is 10.5. The monoisotopic (exact) mass is 351 g/mol. The van der Waals surface area contributed by atoms with Gasteiger partial charge < -0.3 is 5.32 Å². The van der Waals surface area contributed by atoms with E-state index in [4.69, 9.17) is 0 Å². The van der Waals surface area contributed by atoms with Crippen molar-refractivity contribution in [3.63, 3.8) is 0 Å². The fraction of sp³-hybridized carbons (Fsp3) is 0. The molecule has 1 aromatic carbocycles. The van der Waals surface area contributed by atoms with Gasteiger partial charge in [-0.25, -0.2) is 13.3 Å². The molecule has 3 aromatic rings. The van der Waals surface area contributed by atoms with Gasteiger partial charge >= 0.3 is 0 Å². The van der Waals surface area contributed by atoms with E-state index in [0.29, 0.717) is 5.52 Å². The molecule has 0 aliphatic rings. The highest BCUT2D eigenvalue weighted by Crippen LogP contribution is 2.24. The number of carbonyl (C=O) groups is 1. The summed E-state index contributed by atoms with van der Waals surface area (Å²) in [5, 5.41) is 6.24. The summed E-state index contributed by atoms with van der Waals surface area (Å²) >= 11 is 2.98. The second-order valence-corrected chi connectivity index (χ2v) is 5.20. The molecular weight excluding hydrogens is 344 g/mol. The van der Waals surface area contributed by atoms with Gasteiger partial charge in [0.25, 0.3) is 5.91 Å². The van der Waals surface area contributed by atoms with Crippen molar-refractivity contribution in [2.75, 3.05) is 5.32 Å². The van der Waals surface area contributed by atoms with Gasteiger partial charge in [-0.15, -0.1) is 0 Å². The lowest BCUT2D eigenvalue weighted by Gasteiger charge is -2.07. The van der Waals surface area contributed by atoms with Crippen LogP contribution in [-0.4, -0.2) is 15.5 Å². The fourth-order valence-electron chi connectivity index (χ4n) is 1.95. The van der Waals surface area contributed by atoms with Crippen molar-refractivity contribution >= 4 is 33.0 Å². The van der Waals surface area contributed by atoms with Crippen LogP contribution in [0.2, 0.25) is 0 Å². The van der Waals surface area contributed by atoms with Gasteiger partial charge in [-0.1, -0.05) is 22.0 Å². The lowest BCUT2D eigenvalue weighted by Crippen LogP contribution is -2.14. The Labute approximate surface area is 126 Å². The third-order valence-corrected chi connectivity index (χ3v) is 3.37. The maximum absolute atomic E-state index is 13.7. The molecule has 3 rings (SSSR count). The van der Waals surface area contributed by atoms with Crippen molar-refractivity contribution in [3.05, 3.63) is 64.4 Å². The fourth-order valence-corrected chi connectivity index (χ4v) is 2.35. The van der Waals surface area contributed by atoms with E-state index >= 15 is 0 Å². The number of fused-ring (bicyclic) bond motifs is 1. The molecule has 0 aliphatic heterocycles. The number of nitrogens with one attached hydrogen (secondary N) is 1. The van der Waals surface area contributed by atoms with Crippen molar-refractivity contribution in [3.8, 4) is 0 Å². The first kappa shape index (κ1) is 13.7. The van der Waals surface area contributed by atoms with E-state index in [0.717, 1.165) is 12.1 Å². The summed E-state index contributed by atoms with van der Waals surface area (Å²) in [5.41, 5.74) is 0.295. The van der Waals surface area contributed by atoms with E-state index in [-0.39, 0.29) is 10.0 Å². The number of nitrogens with zero attached hydrogens (tertiary/aromatic N) is 2. The summed E-state index contributed by atoms with van der Waals surface area (Å²) in [6, 6.07) is 7.35. The van der Waals surface area contributed by atoms with Crippen molar-refractivity contribution in [1.82, 2.24) is 9.61 Å². The molecule has 2 aromatic heterocycles. The molecule has 21 heavy (non-hydrogen) atoms. The molecule has 106 valence electrons. The number of rotatable bonds is 2. The molecule has 0 fully saturated rings. The predicted octanol–water partition coefficient (Wildman–Crippen LogP) is 3.63. The smallest absolute Gasteiger partial charge is 0.259 e. The molecule has 7 heteroatoms. The topological polar surface area (TPSA) is 46.4 Å². The van der Waals surface area contributed by atoms with Crippen LogP contribution < -0.4 is 5.32 Å². The van der Waals surface area contributed by atoms with Gasteiger partial charge in [-0.3, -0.25) is 4.79 Å². The number of pyridine rings is 1. The van der Waals surface area contributed by atoms with E-state index in [1.165, 1.54) is 10.7 Å². The molecule has 0 saturated heterocycles. The Kier molecular flexibility index (Phi) is 3.42. The van der Waals surface area contributed by atoms with Crippen LogP contribution in [0.25, 0.3) is 5.52 Å². The van der Waals surface area contributed by atoms with Crippen molar-refractivity contribution < 1.29 is 13.6 Å². The van der Waals surface area contributed by atoms with Crippen molar-refractivity contribution in [2.45, 2.75) is 0 Å². The van der Waals surface area contributed by atoms with Gasteiger partial charge in [0.2, 0.25) is 0 Å². The van der Waals surface area contributed by atoms with Gasteiger partial charge in [-0.05, 0) is 24.3 Å². The minimum Gasteiger partial charge on any atom is -0.317 e. The van der Waals surface area contributed by atoms with E-state index in [2.05, 4.69) is 26.3 Å². The van der Waals surface area contributed by atoms with Crippen LogP contribution in [-0.2, 0) is 0 Å². The number of aromatic nitrogens is 2. The minimum absolute atomic E-state index is 0.234. The van der Waals surface area contributed by atoms with Gasteiger partial charge in [0.1, 0.15) is 5.69 Å². The van der Waals surface area contributed by atoms with Crippen molar-refractivity contribution in [2.24, 2.45) is 0 Å². The lowest BCUT2D eigenvalue weighted by molar-refractivity contribution is 0.102. The second-order valence-electron chi connectivity index (χ2n) is 4.29. The number of hydrogen-bond acceptors (Lipinski definition) is 2. The van der Waals surface area contributed by atoms with Gasteiger partial charge in [0.05, 0.1) is 17.3 Å². The SMILES string of the molecule is O=C(Nc1c(F)cc(Br)cc1F)c1cnn2ccccc12. The van der Waals surface area contributed by atoms with E-state index in [1.54, 1.807) is 24.4 Å². The summed E-state index contributed by atoms with van der Waals surface area (Å²) in [6.07, 6.45) is 3.02. The third kappa shape index (κ3) is 2.52. The predicted molar refractivity (Wildman–Crippen MR) is 77.2 cm³/mol. The average Bonchev–Trinajstić information content (AvgIpc) is 2.86. The Morgan fingerprint density at radius 1 is 1.24 bits per heavy atom. The van der Waals surface area contributed by atoms with Crippen molar-refractivity contribution in [1.29, 1.82) is 0 Å². The summed E-state index contributed by atoms with van der Waals surface area (Å²) < 4.78 is 29.2. The molecule has 1 amide bonds. The van der Waals surface area contributed by atoms with Gasteiger partial charge in [-0.2, -0.15) is 5.10 Å². The van der Waals surface area contributed by atoms with Crippen LogP contribution >= 0.6 is 15.9 Å². The van der Waals surface area contributed by atoms with E-state index in [1.807, 2.05) is 0 Å². The third-order valence-electron chi connectivity index (χ3n) is 2.92. The first-order chi connectivity index (χ1) is 10.1. The molecule has 0 saturated carbocycles. The van der Waals surface area contributed by atoms with Crippen LogP contribution in [0.5, 0.6) is 0 Å². The number of benzene rings is 1.